The normalized spacial score (nSPS) is 11.6. The summed E-state index contributed by atoms with van der Waals surface area (Å²) in [5.74, 6) is -4.83. The van der Waals surface area contributed by atoms with Crippen molar-refractivity contribution in [3.05, 3.63) is 71.4 Å². The van der Waals surface area contributed by atoms with E-state index in [1.807, 2.05) is 6.92 Å². The third kappa shape index (κ3) is 6.44. The van der Waals surface area contributed by atoms with Crippen LogP contribution >= 0.6 is 0 Å². The van der Waals surface area contributed by atoms with Crippen LogP contribution in [-0.2, 0) is 24.4 Å². The number of carbonyl (C=O) groups excluding carboxylic acids is 2. The van der Waals surface area contributed by atoms with E-state index in [2.05, 4.69) is 20.5 Å². The maximum atomic E-state index is 13.0. The number of rotatable bonds is 11. The lowest BCUT2D eigenvalue weighted by atomic mass is 10.1. The summed E-state index contributed by atoms with van der Waals surface area (Å²) in [6, 6.07) is 9.21. The molecule has 0 aliphatic rings. The van der Waals surface area contributed by atoms with E-state index in [0.717, 1.165) is 0 Å². The second-order valence-corrected chi connectivity index (χ2v) is 7.22. The monoisotopic (exact) mass is 482 g/mol. The van der Waals surface area contributed by atoms with E-state index in [9.17, 15) is 27.2 Å². The standard InChI is InChI=1S/C22H22F4N4O4/c1-2-30-11-17(18(29-30)20(32)27-10-16-7-4-8-34-16)28-19(31)15-6-3-5-14(9-15)12-33-13-22(25,26)21(23)24/h3-9,11,21H,2,10,12-13H2,1H3,(H,27,32)(H,28,31). The van der Waals surface area contributed by atoms with Crippen molar-refractivity contribution in [1.29, 1.82) is 0 Å². The molecule has 0 fully saturated rings. The number of aryl methyl sites for hydroxylation is 1. The molecule has 0 saturated carbocycles. The molecule has 1 aromatic carbocycles. The van der Waals surface area contributed by atoms with Gasteiger partial charge in [-0.25, -0.2) is 8.78 Å². The predicted molar refractivity (Wildman–Crippen MR) is 113 cm³/mol. The van der Waals surface area contributed by atoms with Gasteiger partial charge in [0.2, 0.25) is 0 Å². The zero-order valence-corrected chi connectivity index (χ0v) is 18.1. The van der Waals surface area contributed by atoms with Gasteiger partial charge in [0.25, 0.3) is 11.8 Å². The molecule has 3 rings (SSSR count). The lowest BCUT2D eigenvalue weighted by Gasteiger charge is -2.15. The van der Waals surface area contributed by atoms with Crippen LogP contribution in [0, 0.1) is 0 Å². The highest BCUT2D eigenvalue weighted by molar-refractivity contribution is 6.08. The molecule has 182 valence electrons. The minimum atomic E-state index is -4.26. The maximum absolute atomic E-state index is 13.0. The molecule has 0 aliphatic heterocycles. The Bertz CT molecular complexity index is 1120. The Balaban J connectivity index is 1.66. The summed E-state index contributed by atoms with van der Waals surface area (Å²) in [5, 5.41) is 9.44. The van der Waals surface area contributed by atoms with E-state index in [4.69, 9.17) is 4.42 Å². The number of nitrogens with one attached hydrogen (secondary N) is 2. The van der Waals surface area contributed by atoms with Crippen LogP contribution in [0.15, 0.2) is 53.3 Å². The van der Waals surface area contributed by atoms with Gasteiger partial charge in [-0.2, -0.15) is 13.9 Å². The molecule has 0 radical (unpaired) electrons. The Hall–Kier alpha value is -3.67. The highest BCUT2D eigenvalue weighted by Gasteiger charge is 2.40. The fourth-order valence-corrected chi connectivity index (χ4v) is 2.87. The number of aromatic nitrogens is 2. The molecular formula is C22H22F4N4O4. The average Bonchev–Trinajstić information content (AvgIpc) is 3.47. The Morgan fingerprint density at radius 2 is 2.00 bits per heavy atom. The highest BCUT2D eigenvalue weighted by atomic mass is 19.3. The second-order valence-electron chi connectivity index (χ2n) is 7.22. The summed E-state index contributed by atoms with van der Waals surface area (Å²) in [4.78, 5) is 25.3. The number of hydrogen-bond acceptors (Lipinski definition) is 5. The van der Waals surface area contributed by atoms with Crippen molar-refractivity contribution in [3.63, 3.8) is 0 Å². The van der Waals surface area contributed by atoms with E-state index in [1.54, 1.807) is 12.1 Å². The van der Waals surface area contributed by atoms with Crippen LogP contribution in [-0.4, -0.2) is 40.5 Å². The van der Waals surface area contributed by atoms with Gasteiger partial charge in [-0.15, -0.1) is 0 Å². The van der Waals surface area contributed by atoms with Gasteiger partial charge < -0.3 is 19.8 Å². The Kier molecular flexibility index (Phi) is 8.05. The molecular weight excluding hydrogens is 460 g/mol. The van der Waals surface area contributed by atoms with Crippen LogP contribution in [0.25, 0.3) is 0 Å². The first-order chi connectivity index (χ1) is 16.2. The average molecular weight is 482 g/mol. The van der Waals surface area contributed by atoms with Crippen LogP contribution < -0.4 is 10.6 Å². The predicted octanol–water partition coefficient (Wildman–Crippen LogP) is 4.10. The van der Waals surface area contributed by atoms with Crippen molar-refractivity contribution >= 4 is 17.5 Å². The van der Waals surface area contributed by atoms with E-state index < -0.39 is 37.4 Å². The van der Waals surface area contributed by atoms with Gasteiger partial charge in [-0.1, -0.05) is 12.1 Å². The summed E-state index contributed by atoms with van der Waals surface area (Å²) < 4.78 is 61.8. The molecule has 8 nitrogen and oxygen atoms in total. The SMILES string of the molecule is CCn1cc(NC(=O)c2cccc(COCC(F)(F)C(F)F)c2)c(C(=O)NCc2ccco2)n1. The van der Waals surface area contributed by atoms with Crippen LogP contribution in [0.4, 0.5) is 23.2 Å². The Morgan fingerprint density at radius 3 is 2.68 bits per heavy atom. The third-order valence-corrected chi connectivity index (χ3v) is 4.62. The number of anilines is 1. The summed E-state index contributed by atoms with van der Waals surface area (Å²) >= 11 is 0. The van der Waals surface area contributed by atoms with Crippen LogP contribution in [0.5, 0.6) is 0 Å². The number of amides is 2. The van der Waals surface area contributed by atoms with E-state index in [1.165, 1.54) is 41.4 Å². The zero-order chi connectivity index (χ0) is 24.7. The van der Waals surface area contributed by atoms with Crippen molar-refractivity contribution in [2.75, 3.05) is 11.9 Å². The molecule has 12 heteroatoms. The van der Waals surface area contributed by atoms with Crippen molar-refractivity contribution in [2.45, 2.75) is 39.0 Å². The molecule has 2 amide bonds. The van der Waals surface area contributed by atoms with Crippen LogP contribution in [0.1, 0.15) is 39.1 Å². The number of benzene rings is 1. The van der Waals surface area contributed by atoms with Gasteiger partial charge in [0.1, 0.15) is 12.4 Å². The van der Waals surface area contributed by atoms with Crippen molar-refractivity contribution in [2.24, 2.45) is 0 Å². The number of furan rings is 1. The first-order valence-corrected chi connectivity index (χ1v) is 10.2. The van der Waals surface area contributed by atoms with Gasteiger partial charge in [-0.05, 0) is 36.8 Å². The molecule has 0 aliphatic carbocycles. The van der Waals surface area contributed by atoms with Gasteiger partial charge in [0.05, 0.1) is 25.1 Å². The lowest BCUT2D eigenvalue weighted by molar-refractivity contribution is -0.168. The van der Waals surface area contributed by atoms with Crippen molar-refractivity contribution < 1.29 is 36.3 Å². The molecule has 0 bridgehead atoms. The number of ether oxygens (including phenoxy) is 1. The Morgan fingerprint density at radius 1 is 1.21 bits per heavy atom. The smallest absolute Gasteiger partial charge is 0.330 e. The quantitative estimate of drug-likeness (QED) is 0.401. The van der Waals surface area contributed by atoms with E-state index >= 15 is 0 Å². The topological polar surface area (TPSA) is 98.4 Å². The zero-order valence-electron chi connectivity index (χ0n) is 18.1. The van der Waals surface area contributed by atoms with E-state index in [0.29, 0.717) is 17.9 Å². The summed E-state index contributed by atoms with van der Waals surface area (Å²) in [6.07, 6.45) is -0.860. The van der Waals surface area contributed by atoms with E-state index in [-0.39, 0.29) is 23.5 Å². The third-order valence-electron chi connectivity index (χ3n) is 4.62. The number of nitrogens with zero attached hydrogens (tertiary/aromatic N) is 2. The van der Waals surface area contributed by atoms with Gasteiger partial charge in [-0.3, -0.25) is 14.3 Å². The summed E-state index contributed by atoms with van der Waals surface area (Å²) in [5.41, 5.74) is 0.642. The number of hydrogen-bond donors (Lipinski definition) is 2. The minimum absolute atomic E-state index is 0.00419. The largest absolute Gasteiger partial charge is 0.467 e. The van der Waals surface area contributed by atoms with Gasteiger partial charge in [0, 0.05) is 18.3 Å². The number of halogens is 4. The fourth-order valence-electron chi connectivity index (χ4n) is 2.87. The Labute approximate surface area is 191 Å². The first-order valence-electron chi connectivity index (χ1n) is 10.2. The fraction of sp³-hybridized carbons (Fsp3) is 0.318. The molecule has 2 aromatic heterocycles. The molecule has 0 spiro atoms. The lowest BCUT2D eigenvalue weighted by Crippen LogP contribution is -2.32. The van der Waals surface area contributed by atoms with Crippen LogP contribution in [0.3, 0.4) is 0 Å². The molecule has 0 atom stereocenters. The van der Waals surface area contributed by atoms with Crippen molar-refractivity contribution in [1.82, 2.24) is 15.1 Å². The second kappa shape index (κ2) is 11.0. The summed E-state index contributed by atoms with van der Waals surface area (Å²) in [7, 11) is 0. The van der Waals surface area contributed by atoms with Crippen molar-refractivity contribution in [3.8, 4) is 0 Å². The van der Waals surface area contributed by atoms with Crippen LogP contribution in [0.2, 0.25) is 0 Å². The molecule has 0 unspecified atom stereocenters. The molecule has 0 saturated heterocycles. The maximum Gasteiger partial charge on any atom is 0.330 e. The van der Waals surface area contributed by atoms with Gasteiger partial charge in [0.15, 0.2) is 5.69 Å². The molecule has 2 heterocycles. The first kappa shape index (κ1) is 25.0. The number of carbonyl (C=O) groups is 2. The molecule has 2 N–H and O–H groups in total. The minimum Gasteiger partial charge on any atom is -0.467 e. The molecule has 3 aromatic rings. The molecule has 34 heavy (non-hydrogen) atoms. The number of alkyl halides is 4. The summed E-state index contributed by atoms with van der Waals surface area (Å²) in [6.45, 7) is 0.546. The highest BCUT2D eigenvalue weighted by Crippen LogP contribution is 2.23. The van der Waals surface area contributed by atoms with Gasteiger partial charge >= 0.3 is 12.3 Å².